The molecule has 0 spiro atoms. The summed E-state index contributed by atoms with van der Waals surface area (Å²) in [6.07, 6.45) is -5.93. The lowest BCUT2D eigenvalue weighted by Gasteiger charge is -2.32. The maximum atomic E-state index is 10.7. The summed E-state index contributed by atoms with van der Waals surface area (Å²) in [4.78, 5) is 10.7. The number of hydrogen-bond donors (Lipinski definition) is 6. The van der Waals surface area contributed by atoms with Crippen LogP contribution in [-0.2, 0) is 9.53 Å². The molecule has 0 aliphatic carbocycles. The molecular formula is C12H16O8. The predicted molar refractivity (Wildman–Crippen MR) is 64.8 cm³/mol. The van der Waals surface area contributed by atoms with Crippen LogP contribution in [0.15, 0.2) is 24.3 Å². The average molecular weight is 288 g/mol. The summed E-state index contributed by atoms with van der Waals surface area (Å²) < 4.78 is 4.38. The maximum absolute atomic E-state index is 10.7. The lowest BCUT2D eigenvalue weighted by atomic mass is 10.0. The lowest BCUT2D eigenvalue weighted by Crippen LogP contribution is -2.56. The van der Waals surface area contributed by atoms with Crippen molar-refractivity contribution in [1.82, 2.24) is 0 Å². The molecule has 20 heavy (non-hydrogen) atoms. The van der Waals surface area contributed by atoms with Gasteiger partial charge in [0, 0.05) is 0 Å². The molecule has 0 radical (unpaired) electrons. The minimum atomic E-state index is -1.73. The van der Waals surface area contributed by atoms with Gasteiger partial charge in [0.1, 0.15) is 23.7 Å². The smallest absolute Gasteiger partial charge is 0.338 e. The first-order valence-corrected chi connectivity index (χ1v) is 5.70. The Morgan fingerprint density at radius 1 is 0.950 bits per heavy atom. The Bertz CT molecular complexity index is 409. The molecule has 1 aliphatic heterocycles. The van der Waals surface area contributed by atoms with Crippen molar-refractivity contribution in [3.8, 4) is 11.5 Å². The molecule has 0 aromatic heterocycles. The highest BCUT2D eigenvalue weighted by Crippen LogP contribution is 2.16. The molecule has 1 aromatic rings. The fourth-order valence-corrected chi connectivity index (χ4v) is 1.43. The number of phenolic OH excluding ortho intramolecular Hbond substituents is 2. The molecule has 0 amide bonds. The number of ether oxygens (including phenoxy) is 1. The fourth-order valence-electron chi connectivity index (χ4n) is 1.43. The van der Waals surface area contributed by atoms with Crippen LogP contribution in [0.3, 0.4) is 0 Å². The second-order valence-electron chi connectivity index (χ2n) is 4.10. The first-order valence-electron chi connectivity index (χ1n) is 5.70. The molecule has 6 N–H and O–H groups in total. The maximum Gasteiger partial charge on any atom is 0.338 e. The van der Waals surface area contributed by atoms with Gasteiger partial charge in [-0.05, 0) is 24.3 Å². The third kappa shape index (κ3) is 4.07. The monoisotopic (exact) mass is 288 g/mol. The van der Waals surface area contributed by atoms with E-state index in [-0.39, 0.29) is 11.5 Å². The molecule has 0 saturated carbocycles. The molecule has 1 saturated heterocycles. The van der Waals surface area contributed by atoms with E-state index in [2.05, 4.69) is 4.74 Å². The van der Waals surface area contributed by atoms with Crippen molar-refractivity contribution in [2.24, 2.45) is 0 Å². The van der Waals surface area contributed by atoms with Crippen LogP contribution >= 0.6 is 0 Å². The lowest BCUT2D eigenvalue weighted by molar-refractivity contribution is -0.206. The normalized spacial score (nSPS) is 29.1. The first-order chi connectivity index (χ1) is 9.36. The topological polar surface area (TPSA) is 148 Å². The third-order valence-corrected chi connectivity index (χ3v) is 2.59. The minimum Gasteiger partial charge on any atom is -0.508 e. The number of carbonyl (C=O) groups excluding carboxylic acids is 1. The molecule has 4 atom stereocenters. The number of hydrogen-bond acceptors (Lipinski definition) is 8. The van der Waals surface area contributed by atoms with Gasteiger partial charge < -0.3 is 35.4 Å². The zero-order chi connectivity index (χ0) is 15.3. The summed E-state index contributed by atoms with van der Waals surface area (Å²) >= 11 is 0. The zero-order valence-electron chi connectivity index (χ0n) is 10.3. The van der Waals surface area contributed by atoms with E-state index in [4.69, 9.17) is 30.6 Å². The van der Waals surface area contributed by atoms with Crippen LogP contribution in [0.4, 0.5) is 0 Å². The molecule has 0 unspecified atom stereocenters. The van der Waals surface area contributed by atoms with E-state index >= 15 is 0 Å². The molecule has 2 rings (SSSR count). The largest absolute Gasteiger partial charge is 0.508 e. The Morgan fingerprint density at radius 3 is 1.80 bits per heavy atom. The van der Waals surface area contributed by atoms with Crippen molar-refractivity contribution in [3.63, 3.8) is 0 Å². The van der Waals surface area contributed by atoms with Crippen LogP contribution in [0.1, 0.15) is 0 Å². The summed E-state index contributed by atoms with van der Waals surface area (Å²) in [5.41, 5.74) is 0. The van der Waals surface area contributed by atoms with E-state index in [0.29, 0.717) is 0 Å². The van der Waals surface area contributed by atoms with E-state index in [1.54, 1.807) is 0 Å². The molecule has 8 heteroatoms. The zero-order valence-corrected chi connectivity index (χ0v) is 10.3. The Morgan fingerprint density at radius 2 is 1.40 bits per heavy atom. The second kappa shape index (κ2) is 7.06. The van der Waals surface area contributed by atoms with Crippen LogP contribution in [0.25, 0.3) is 0 Å². The van der Waals surface area contributed by atoms with Crippen LogP contribution < -0.4 is 0 Å². The van der Waals surface area contributed by atoms with Crippen molar-refractivity contribution >= 4 is 5.97 Å². The number of carbonyl (C=O) groups is 1. The van der Waals surface area contributed by atoms with Gasteiger partial charge in [-0.15, -0.1) is 0 Å². The second-order valence-corrected chi connectivity index (χ2v) is 4.10. The van der Waals surface area contributed by atoms with Gasteiger partial charge in [-0.25, -0.2) is 4.79 Å². The third-order valence-electron chi connectivity index (χ3n) is 2.59. The van der Waals surface area contributed by atoms with Gasteiger partial charge in [0.2, 0.25) is 0 Å². The van der Waals surface area contributed by atoms with Crippen molar-refractivity contribution in [3.05, 3.63) is 24.3 Å². The quantitative estimate of drug-likeness (QED) is 0.259. The van der Waals surface area contributed by atoms with Crippen LogP contribution in [0, 0.1) is 0 Å². The number of phenols is 2. The number of esters is 1. The highest BCUT2D eigenvalue weighted by atomic mass is 16.6. The van der Waals surface area contributed by atoms with Gasteiger partial charge in [-0.1, -0.05) is 0 Å². The van der Waals surface area contributed by atoms with E-state index in [1.165, 1.54) is 24.3 Å². The molecular weight excluding hydrogens is 272 g/mol. The van der Waals surface area contributed by atoms with E-state index < -0.39 is 37.0 Å². The molecule has 1 aromatic carbocycles. The summed E-state index contributed by atoms with van der Waals surface area (Å²) in [6.45, 7) is -0.587. The Labute approximate surface area is 114 Å². The highest BCUT2D eigenvalue weighted by molar-refractivity contribution is 5.76. The van der Waals surface area contributed by atoms with Gasteiger partial charge in [-0.3, -0.25) is 0 Å². The van der Waals surface area contributed by atoms with Gasteiger partial charge in [0.25, 0.3) is 0 Å². The van der Waals surface area contributed by atoms with Crippen LogP contribution in [0.5, 0.6) is 11.5 Å². The Hall–Kier alpha value is -1.87. The standard InChI is InChI=1S/C6H10O6.C6H6O2/c7-1-2-3(8)4(9)5(10)6(11)12-2;7-5-1-2-6(8)4-3-5/h2-5,7-10H,1H2;1-4,7-8H/t2-,3-,4+,5-;/m1./s1. The van der Waals surface area contributed by atoms with E-state index in [0.717, 1.165) is 0 Å². The van der Waals surface area contributed by atoms with Crippen molar-refractivity contribution < 1.29 is 40.2 Å². The number of cyclic esters (lactones) is 1. The molecule has 1 fully saturated rings. The molecule has 1 aliphatic rings. The van der Waals surface area contributed by atoms with Gasteiger partial charge >= 0.3 is 5.97 Å². The van der Waals surface area contributed by atoms with Gasteiger partial charge in [-0.2, -0.15) is 0 Å². The summed E-state index contributed by atoms with van der Waals surface area (Å²) in [5.74, 6) is -0.697. The highest BCUT2D eigenvalue weighted by Gasteiger charge is 2.43. The van der Waals surface area contributed by atoms with Crippen molar-refractivity contribution in [2.75, 3.05) is 6.61 Å². The van der Waals surface area contributed by atoms with Crippen LogP contribution in [0.2, 0.25) is 0 Å². The number of benzene rings is 1. The Balaban J connectivity index is 0.000000217. The molecule has 0 bridgehead atoms. The Kier molecular flexibility index (Phi) is 5.71. The minimum absolute atomic E-state index is 0.169. The number of aliphatic hydroxyl groups excluding tert-OH is 4. The number of aliphatic hydroxyl groups is 4. The fraction of sp³-hybridized carbons (Fsp3) is 0.417. The number of aromatic hydroxyl groups is 2. The molecule has 8 nitrogen and oxygen atoms in total. The van der Waals surface area contributed by atoms with E-state index in [9.17, 15) is 4.79 Å². The van der Waals surface area contributed by atoms with Crippen molar-refractivity contribution in [1.29, 1.82) is 0 Å². The SMILES string of the molecule is O=C1O[C@H](CO)[C@@H](O)[C@H](O)[C@H]1O.Oc1ccc(O)cc1. The predicted octanol–water partition coefficient (Wildman–Crippen LogP) is -1.92. The van der Waals surface area contributed by atoms with Crippen molar-refractivity contribution in [2.45, 2.75) is 24.4 Å². The summed E-state index contributed by atoms with van der Waals surface area (Å²) in [7, 11) is 0. The van der Waals surface area contributed by atoms with E-state index in [1.807, 2.05) is 0 Å². The van der Waals surface area contributed by atoms with Gasteiger partial charge in [0.15, 0.2) is 12.2 Å². The molecule has 112 valence electrons. The average Bonchev–Trinajstić information content (AvgIpc) is 2.44. The number of rotatable bonds is 1. The van der Waals surface area contributed by atoms with Gasteiger partial charge in [0.05, 0.1) is 6.61 Å². The summed E-state index contributed by atoms with van der Waals surface area (Å²) in [5, 5.41) is 52.8. The first kappa shape index (κ1) is 16.2. The molecule has 1 heterocycles. The summed E-state index contributed by atoms with van der Waals surface area (Å²) in [6, 6.07) is 5.70. The van der Waals surface area contributed by atoms with Crippen LogP contribution in [-0.4, -0.2) is 67.6 Å².